The van der Waals surface area contributed by atoms with Crippen molar-refractivity contribution in [1.82, 2.24) is 10.2 Å². The summed E-state index contributed by atoms with van der Waals surface area (Å²) >= 11 is 0. The largest absolute Gasteiger partial charge is 0.310 e. The van der Waals surface area contributed by atoms with Crippen LogP contribution < -0.4 is 5.32 Å². The van der Waals surface area contributed by atoms with Crippen LogP contribution in [0.4, 0.5) is 0 Å². The number of hydrogen-bond acceptors (Lipinski definition) is 2. The predicted molar refractivity (Wildman–Crippen MR) is 58.0 cm³/mol. The van der Waals surface area contributed by atoms with E-state index in [2.05, 4.69) is 31.1 Å². The zero-order valence-corrected chi connectivity index (χ0v) is 9.40. The Labute approximate surface area is 82.7 Å². The number of piperidine rings is 1. The molecule has 78 valence electrons. The first-order chi connectivity index (χ1) is 6.16. The first-order valence-electron chi connectivity index (χ1n) is 5.60. The summed E-state index contributed by atoms with van der Waals surface area (Å²) in [6, 6.07) is 0. The molecule has 1 rings (SSSR count). The van der Waals surface area contributed by atoms with Crippen molar-refractivity contribution >= 4 is 0 Å². The molecule has 1 atom stereocenters. The molecule has 0 amide bonds. The third-order valence-corrected chi connectivity index (χ3v) is 2.93. The topological polar surface area (TPSA) is 15.3 Å². The maximum absolute atomic E-state index is 3.64. The summed E-state index contributed by atoms with van der Waals surface area (Å²) in [7, 11) is 2.23. The molecule has 0 aromatic carbocycles. The Bertz CT molecular complexity index is 139. The smallest absolute Gasteiger partial charge is 0.0280 e. The molecule has 0 radical (unpaired) electrons. The zero-order valence-electron chi connectivity index (χ0n) is 9.40. The summed E-state index contributed by atoms with van der Waals surface area (Å²) < 4.78 is 0. The fourth-order valence-electron chi connectivity index (χ4n) is 2.31. The lowest BCUT2D eigenvalue weighted by Crippen LogP contribution is -2.53. The van der Waals surface area contributed by atoms with Crippen LogP contribution in [0.15, 0.2) is 0 Å². The average Bonchev–Trinajstić information content (AvgIpc) is 2.04. The van der Waals surface area contributed by atoms with E-state index >= 15 is 0 Å². The van der Waals surface area contributed by atoms with Crippen molar-refractivity contribution in [1.29, 1.82) is 0 Å². The van der Waals surface area contributed by atoms with Crippen molar-refractivity contribution in [2.45, 2.75) is 45.1 Å². The molecule has 0 bridgehead atoms. The van der Waals surface area contributed by atoms with Gasteiger partial charge in [0.1, 0.15) is 0 Å². The van der Waals surface area contributed by atoms with Crippen molar-refractivity contribution in [2.75, 3.05) is 26.7 Å². The van der Waals surface area contributed by atoms with Crippen LogP contribution in [0.3, 0.4) is 0 Å². The molecule has 1 aliphatic rings. The van der Waals surface area contributed by atoms with Gasteiger partial charge in [-0.1, -0.05) is 13.3 Å². The average molecular weight is 184 g/mol. The molecule has 13 heavy (non-hydrogen) atoms. The molecule has 2 nitrogen and oxygen atoms in total. The summed E-state index contributed by atoms with van der Waals surface area (Å²) in [5, 5.41) is 3.64. The Morgan fingerprint density at radius 2 is 2.15 bits per heavy atom. The Kier molecular flexibility index (Phi) is 4.20. The van der Waals surface area contributed by atoms with Gasteiger partial charge in [-0.15, -0.1) is 0 Å². The molecule has 1 aliphatic heterocycles. The van der Waals surface area contributed by atoms with E-state index in [-0.39, 0.29) is 0 Å². The lowest BCUT2D eigenvalue weighted by Gasteiger charge is -2.38. The molecule has 1 unspecified atom stereocenters. The van der Waals surface area contributed by atoms with Gasteiger partial charge in [0, 0.05) is 12.1 Å². The van der Waals surface area contributed by atoms with Gasteiger partial charge in [0.05, 0.1) is 0 Å². The molecule has 0 aromatic heterocycles. The van der Waals surface area contributed by atoms with Crippen LogP contribution in [-0.2, 0) is 0 Å². The van der Waals surface area contributed by atoms with Crippen molar-refractivity contribution in [3.05, 3.63) is 0 Å². The van der Waals surface area contributed by atoms with Crippen LogP contribution in [0.1, 0.15) is 39.5 Å². The van der Waals surface area contributed by atoms with Crippen molar-refractivity contribution < 1.29 is 0 Å². The molecule has 1 fully saturated rings. The second-order valence-electron chi connectivity index (χ2n) is 4.68. The van der Waals surface area contributed by atoms with Crippen molar-refractivity contribution in [3.8, 4) is 0 Å². The highest BCUT2D eigenvalue weighted by molar-refractivity contribution is 4.88. The van der Waals surface area contributed by atoms with Crippen LogP contribution in [-0.4, -0.2) is 37.1 Å². The molecular formula is C11H24N2. The summed E-state index contributed by atoms with van der Waals surface area (Å²) in [6.45, 7) is 8.22. The minimum Gasteiger partial charge on any atom is -0.310 e. The Hall–Kier alpha value is -0.0800. The fraction of sp³-hybridized carbons (Fsp3) is 1.00. The molecule has 2 heteroatoms. The molecule has 0 spiro atoms. The minimum absolute atomic E-state index is 0.377. The van der Waals surface area contributed by atoms with Gasteiger partial charge in [-0.05, 0) is 46.3 Å². The quantitative estimate of drug-likeness (QED) is 0.717. The molecule has 1 N–H and O–H groups in total. The Morgan fingerprint density at radius 1 is 1.38 bits per heavy atom. The zero-order chi connectivity index (χ0) is 9.73. The van der Waals surface area contributed by atoms with Crippen molar-refractivity contribution in [3.63, 3.8) is 0 Å². The van der Waals surface area contributed by atoms with Crippen LogP contribution in [0.25, 0.3) is 0 Å². The molecular weight excluding hydrogens is 160 g/mol. The van der Waals surface area contributed by atoms with Crippen LogP contribution >= 0.6 is 0 Å². The van der Waals surface area contributed by atoms with Gasteiger partial charge in [0.2, 0.25) is 0 Å². The fourth-order valence-corrected chi connectivity index (χ4v) is 2.31. The van der Waals surface area contributed by atoms with E-state index < -0.39 is 0 Å². The molecule has 1 heterocycles. The second kappa shape index (κ2) is 4.97. The van der Waals surface area contributed by atoms with E-state index in [1.54, 1.807) is 0 Å². The van der Waals surface area contributed by atoms with Gasteiger partial charge in [-0.2, -0.15) is 0 Å². The maximum Gasteiger partial charge on any atom is 0.0280 e. The van der Waals surface area contributed by atoms with Gasteiger partial charge < -0.3 is 10.2 Å². The third kappa shape index (κ3) is 3.65. The minimum atomic E-state index is 0.377. The van der Waals surface area contributed by atoms with Crippen LogP contribution in [0.2, 0.25) is 0 Å². The third-order valence-electron chi connectivity index (χ3n) is 2.93. The second-order valence-corrected chi connectivity index (χ2v) is 4.68. The lowest BCUT2D eigenvalue weighted by molar-refractivity contribution is 0.187. The highest BCUT2D eigenvalue weighted by atomic mass is 15.1. The van der Waals surface area contributed by atoms with Gasteiger partial charge >= 0.3 is 0 Å². The highest BCUT2D eigenvalue weighted by Gasteiger charge is 2.26. The monoisotopic (exact) mass is 184 g/mol. The lowest BCUT2D eigenvalue weighted by atomic mass is 9.90. The van der Waals surface area contributed by atoms with E-state index in [4.69, 9.17) is 0 Å². The van der Waals surface area contributed by atoms with Crippen LogP contribution in [0, 0.1) is 0 Å². The standard InChI is InChI=1S/C11H24N2/c1-4-9-13(3)10-11(2)7-5-6-8-12-11/h12H,4-10H2,1-3H3. The van der Waals surface area contributed by atoms with E-state index in [9.17, 15) is 0 Å². The number of nitrogens with one attached hydrogen (secondary N) is 1. The number of likely N-dealkylation sites (N-methyl/N-ethyl adjacent to an activating group) is 1. The highest BCUT2D eigenvalue weighted by Crippen LogP contribution is 2.19. The molecule has 0 aliphatic carbocycles. The summed E-state index contributed by atoms with van der Waals surface area (Å²) in [5.41, 5.74) is 0.377. The number of rotatable bonds is 4. The van der Waals surface area contributed by atoms with E-state index in [0.717, 1.165) is 0 Å². The van der Waals surface area contributed by atoms with E-state index in [0.29, 0.717) is 5.54 Å². The molecule has 0 aromatic rings. The van der Waals surface area contributed by atoms with Crippen molar-refractivity contribution in [2.24, 2.45) is 0 Å². The Balaban J connectivity index is 2.31. The Morgan fingerprint density at radius 3 is 2.69 bits per heavy atom. The number of nitrogens with zero attached hydrogens (tertiary/aromatic N) is 1. The SMILES string of the molecule is CCCN(C)CC1(C)CCCCN1. The molecule has 0 saturated carbocycles. The van der Waals surface area contributed by atoms with Gasteiger partial charge in [-0.3, -0.25) is 0 Å². The number of hydrogen-bond donors (Lipinski definition) is 1. The van der Waals surface area contributed by atoms with E-state index in [1.807, 2.05) is 0 Å². The summed E-state index contributed by atoms with van der Waals surface area (Å²) in [5.74, 6) is 0. The summed E-state index contributed by atoms with van der Waals surface area (Å²) in [4.78, 5) is 2.44. The van der Waals surface area contributed by atoms with Crippen LogP contribution in [0.5, 0.6) is 0 Å². The van der Waals surface area contributed by atoms with Gasteiger partial charge in [0.15, 0.2) is 0 Å². The van der Waals surface area contributed by atoms with Gasteiger partial charge in [-0.25, -0.2) is 0 Å². The first kappa shape index (κ1) is 11.0. The predicted octanol–water partition coefficient (Wildman–Crippen LogP) is 1.86. The van der Waals surface area contributed by atoms with Gasteiger partial charge in [0.25, 0.3) is 0 Å². The van der Waals surface area contributed by atoms with E-state index in [1.165, 1.54) is 45.3 Å². The normalized spacial score (nSPS) is 29.5. The maximum atomic E-state index is 3.64. The first-order valence-corrected chi connectivity index (χ1v) is 5.60. The summed E-state index contributed by atoms with van der Waals surface area (Å²) in [6.07, 6.45) is 5.34. The molecule has 1 saturated heterocycles.